The number of rotatable bonds is 1. The van der Waals surface area contributed by atoms with Crippen molar-refractivity contribution in [1.82, 2.24) is 5.32 Å². The molecule has 2 heterocycles. The Labute approximate surface area is 108 Å². The Morgan fingerprint density at radius 1 is 1.22 bits per heavy atom. The lowest BCUT2D eigenvalue weighted by atomic mass is 10.1. The molecular weight excluding hydrogens is 228 g/mol. The highest BCUT2D eigenvalue weighted by molar-refractivity contribution is 5.57. The van der Waals surface area contributed by atoms with Gasteiger partial charge in [-0.25, -0.2) is 0 Å². The minimum absolute atomic E-state index is 0.344. The van der Waals surface area contributed by atoms with E-state index in [9.17, 15) is 0 Å². The van der Waals surface area contributed by atoms with Gasteiger partial charge in [0, 0.05) is 30.9 Å². The molecule has 2 aliphatic rings. The minimum atomic E-state index is 0.344. The summed E-state index contributed by atoms with van der Waals surface area (Å²) in [6, 6.07) is 6.75. The maximum absolute atomic E-state index is 5.45. The highest BCUT2D eigenvalue weighted by Gasteiger charge is 2.18. The fourth-order valence-electron chi connectivity index (χ4n) is 2.58. The summed E-state index contributed by atoms with van der Waals surface area (Å²) in [5, 5.41) is 3.54. The smallest absolute Gasteiger partial charge is 0.231 e. The third-order valence-corrected chi connectivity index (χ3v) is 3.56. The van der Waals surface area contributed by atoms with Crippen LogP contribution in [-0.4, -0.2) is 32.5 Å². The standard InChI is InChI=1S/C14H20N2O2/c1-11-9-16(7-3-2-6-15-11)12-4-5-13-14(8-12)18-10-17-13/h4-5,8,11,15H,2-3,6-7,9-10H2,1H3. The van der Waals surface area contributed by atoms with Gasteiger partial charge in [-0.15, -0.1) is 0 Å². The summed E-state index contributed by atoms with van der Waals surface area (Å²) < 4.78 is 10.8. The zero-order valence-corrected chi connectivity index (χ0v) is 10.8. The number of hydrogen-bond donors (Lipinski definition) is 1. The third-order valence-electron chi connectivity index (χ3n) is 3.56. The van der Waals surface area contributed by atoms with E-state index < -0.39 is 0 Å². The van der Waals surface area contributed by atoms with Crippen LogP contribution in [-0.2, 0) is 0 Å². The molecule has 0 bridgehead atoms. The summed E-state index contributed by atoms with van der Waals surface area (Å²) in [5.74, 6) is 1.73. The second-order valence-electron chi connectivity index (χ2n) is 5.05. The summed E-state index contributed by atoms with van der Waals surface area (Å²) in [7, 11) is 0. The zero-order valence-electron chi connectivity index (χ0n) is 10.8. The van der Waals surface area contributed by atoms with Gasteiger partial charge in [0.1, 0.15) is 0 Å². The first kappa shape index (κ1) is 11.7. The van der Waals surface area contributed by atoms with E-state index in [0.717, 1.165) is 31.1 Å². The molecule has 1 atom stereocenters. The Morgan fingerprint density at radius 2 is 2.11 bits per heavy atom. The molecule has 0 aliphatic carbocycles. The number of benzene rings is 1. The van der Waals surface area contributed by atoms with Gasteiger partial charge in [-0.3, -0.25) is 0 Å². The molecule has 1 fully saturated rings. The molecular formula is C14H20N2O2. The normalized spacial score (nSPS) is 23.6. The van der Waals surface area contributed by atoms with E-state index >= 15 is 0 Å². The molecule has 1 N–H and O–H groups in total. The molecule has 1 saturated heterocycles. The molecule has 1 aromatic carbocycles. The summed E-state index contributed by atoms with van der Waals surface area (Å²) in [4.78, 5) is 2.43. The number of hydrogen-bond acceptors (Lipinski definition) is 4. The number of ether oxygens (including phenoxy) is 2. The molecule has 0 saturated carbocycles. The SMILES string of the molecule is CC1CN(c2ccc3c(c2)OCO3)CCCCN1. The van der Waals surface area contributed by atoms with Crippen LogP contribution in [0.1, 0.15) is 19.8 Å². The Balaban J connectivity index is 1.79. The van der Waals surface area contributed by atoms with Gasteiger partial charge in [-0.2, -0.15) is 0 Å². The molecule has 0 amide bonds. The summed E-state index contributed by atoms with van der Waals surface area (Å²) in [6.07, 6.45) is 2.47. The topological polar surface area (TPSA) is 33.7 Å². The molecule has 0 radical (unpaired) electrons. The van der Waals surface area contributed by atoms with Crippen LogP contribution in [0, 0.1) is 0 Å². The van der Waals surface area contributed by atoms with Crippen LogP contribution in [0.3, 0.4) is 0 Å². The highest BCUT2D eigenvalue weighted by Crippen LogP contribution is 2.35. The predicted molar refractivity (Wildman–Crippen MR) is 71.5 cm³/mol. The van der Waals surface area contributed by atoms with Crippen molar-refractivity contribution < 1.29 is 9.47 Å². The first-order chi connectivity index (χ1) is 8.83. The largest absolute Gasteiger partial charge is 0.454 e. The van der Waals surface area contributed by atoms with Crippen LogP contribution in [0.25, 0.3) is 0 Å². The molecule has 1 aromatic rings. The van der Waals surface area contributed by atoms with E-state index in [-0.39, 0.29) is 0 Å². The zero-order chi connectivity index (χ0) is 12.4. The maximum atomic E-state index is 5.45. The van der Waals surface area contributed by atoms with Gasteiger partial charge in [0.2, 0.25) is 6.79 Å². The van der Waals surface area contributed by atoms with Crippen LogP contribution in [0.15, 0.2) is 18.2 Å². The van der Waals surface area contributed by atoms with Gasteiger partial charge in [0.25, 0.3) is 0 Å². The lowest BCUT2D eigenvalue weighted by molar-refractivity contribution is 0.174. The summed E-state index contributed by atoms with van der Waals surface area (Å²) in [5.41, 5.74) is 1.23. The van der Waals surface area contributed by atoms with Crippen molar-refractivity contribution in [2.24, 2.45) is 0 Å². The Morgan fingerprint density at radius 3 is 3.06 bits per heavy atom. The first-order valence-electron chi connectivity index (χ1n) is 6.71. The summed E-state index contributed by atoms with van der Waals surface area (Å²) in [6.45, 7) is 5.88. The average Bonchev–Trinajstić information content (AvgIpc) is 2.80. The molecule has 0 spiro atoms. The van der Waals surface area contributed by atoms with Crippen LogP contribution < -0.4 is 19.7 Å². The van der Waals surface area contributed by atoms with Crippen molar-refractivity contribution in [2.45, 2.75) is 25.8 Å². The van der Waals surface area contributed by atoms with E-state index in [0.29, 0.717) is 12.8 Å². The number of anilines is 1. The van der Waals surface area contributed by atoms with Crippen molar-refractivity contribution in [3.05, 3.63) is 18.2 Å². The van der Waals surface area contributed by atoms with Crippen molar-refractivity contribution in [3.8, 4) is 11.5 Å². The quantitative estimate of drug-likeness (QED) is 0.824. The van der Waals surface area contributed by atoms with E-state index in [2.05, 4.69) is 29.3 Å². The maximum Gasteiger partial charge on any atom is 0.231 e. The Hall–Kier alpha value is -1.42. The molecule has 2 aliphatic heterocycles. The molecule has 3 rings (SSSR count). The molecule has 98 valence electrons. The van der Waals surface area contributed by atoms with Crippen LogP contribution in [0.2, 0.25) is 0 Å². The molecule has 1 unspecified atom stereocenters. The van der Waals surface area contributed by atoms with E-state index in [1.165, 1.54) is 18.5 Å². The van der Waals surface area contributed by atoms with Crippen LogP contribution >= 0.6 is 0 Å². The minimum Gasteiger partial charge on any atom is -0.454 e. The average molecular weight is 248 g/mol. The lowest BCUT2D eigenvalue weighted by Crippen LogP contribution is -2.42. The fourth-order valence-corrected chi connectivity index (χ4v) is 2.58. The predicted octanol–water partition coefficient (Wildman–Crippen LogP) is 1.99. The van der Waals surface area contributed by atoms with Gasteiger partial charge >= 0.3 is 0 Å². The van der Waals surface area contributed by atoms with Crippen molar-refractivity contribution in [2.75, 3.05) is 31.3 Å². The van der Waals surface area contributed by atoms with Gasteiger partial charge in [0.15, 0.2) is 11.5 Å². The molecule has 4 heteroatoms. The Kier molecular flexibility index (Phi) is 3.28. The van der Waals surface area contributed by atoms with Crippen LogP contribution in [0.4, 0.5) is 5.69 Å². The van der Waals surface area contributed by atoms with Gasteiger partial charge < -0.3 is 19.7 Å². The monoisotopic (exact) mass is 248 g/mol. The van der Waals surface area contributed by atoms with Crippen molar-refractivity contribution in [1.29, 1.82) is 0 Å². The number of nitrogens with one attached hydrogen (secondary N) is 1. The lowest BCUT2D eigenvalue weighted by Gasteiger charge is -2.31. The molecule has 4 nitrogen and oxygen atoms in total. The van der Waals surface area contributed by atoms with Crippen LogP contribution in [0.5, 0.6) is 11.5 Å². The Bertz CT molecular complexity index is 422. The van der Waals surface area contributed by atoms with Gasteiger partial charge in [-0.05, 0) is 38.4 Å². The van der Waals surface area contributed by atoms with E-state index in [1.54, 1.807) is 0 Å². The van der Waals surface area contributed by atoms with Gasteiger partial charge in [0.05, 0.1) is 0 Å². The third kappa shape index (κ3) is 2.38. The van der Waals surface area contributed by atoms with Gasteiger partial charge in [-0.1, -0.05) is 0 Å². The van der Waals surface area contributed by atoms with E-state index in [4.69, 9.17) is 9.47 Å². The first-order valence-corrected chi connectivity index (χ1v) is 6.71. The van der Waals surface area contributed by atoms with Crippen molar-refractivity contribution >= 4 is 5.69 Å². The second-order valence-corrected chi connectivity index (χ2v) is 5.05. The van der Waals surface area contributed by atoms with Crippen molar-refractivity contribution in [3.63, 3.8) is 0 Å². The number of nitrogens with zero attached hydrogens (tertiary/aromatic N) is 1. The summed E-state index contributed by atoms with van der Waals surface area (Å²) >= 11 is 0. The number of fused-ring (bicyclic) bond motifs is 1. The molecule has 18 heavy (non-hydrogen) atoms. The highest BCUT2D eigenvalue weighted by atomic mass is 16.7. The second kappa shape index (κ2) is 5.06. The molecule has 0 aromatic heterocycles. The fraction of sp³-hybridized carbons (Fsp3) is 0.571. The van der Waals surface area contributed by atoms with E-state index in [1.807, 2.05) is 6.07 Å².